The minimum Gasteiger partial charge on any atom is -0.352 e. The maximum atomic E-state index is 14.1. The van der Waals surface area contributed by atoms with Crippen LogP contribution in [-0.4, -0.2) is 43.8 Å². The lowest BCUT2D eigenvalue weighted by molar-refractivity contribution is -0.140. The van der Waals surface area contributed by atoms with Gasteiger partial charge in [-0.3, -0.25) is 13.9 Å². The summed E-state index contributed by atoms with van der Waals surface area (Å²) >= 11 is 6.24. The highest BCUT2D eigenvalue weighted by molar-refractivity contribution is 7.92. The third-order valence-electron chi connectivity index (χ3n) is 7.27. The van der Waals surface area contributed by atoms with E-state index in [0.717, 1.165) is 41.1 Å². The predicted octanol–water partition coefficient (Wildman–Crippen LogP) is 5.71. The number of hydrogen-bond donors (Lipinski definition) is 1. The van der Waals surface area contributed by atoms with Gasteiger partial charge in [-0.25, -0.2) is 8.42 Å². The van der Waals surface area contributed by atoms with Crippen LogP contribution in [0.2, 0.25) is 5.02 Å². The fraction of sp³-hybridized carbons (Fsp3) is 0.355. The minimum absolute atomic E-state index is 0.0616. The molecule has 0 bridgehead atoms. The molecule has 3 aromatic rings. The van der Waals surface area contributed by atoms with Crippen molar-refractivity contribution in [1.29, 1.82) is 0 Å². The van der Waals surface area contributed by atoms with Gasteiger partial charge in [-0.1, -0.05) is 85.5 Å². The van der Waals surface area contributed by atoms with E-state index in [4.69, 9.17) is 11.6 Å². The van der Waals surface area contributed by atoms with Gasteiger partial charge in [0.2, 0.25) is 11.8 Å². The van der Waals surface area contributed by atoms with E-state index in [9.17, 15) is 18.0 Å². The second-order valence-electron chi connectivity index (χ2n) is 10.2. The largest absolute Gasteiger partial charge is 0.352 e. The van der Waals surface area contributed by atoms with Gasteiger partial charge in [0, 0.05) is 17.6 Å². The number of anilines is 1. The molecule has 0 spiro atoms. The van der Waals surface area contributed by atoms with Crippen LogP contribution in [0.25, 0.3) is 0 Å². The number of sulfonamides is 1. The molecule has 3 aromatic carbocycles. The Morgan fingerprint density at radius 3 is 2.27 bits per heavy atom. The smallest absolute Gasteiger partial charge is 0.264 e. The number of amides is 2. The number of rotatable bonds is 11. The van der Waals surface area contributed by atoms with Crippen molar-refractivity contribution in [2.24, 2.45) is 0 Å². The standard InChI is InChI=1S/C31H36ClN3O4S/c1-3-29(31(37)33-26-13-7-8-14-26)34(21-24-10-5-4-6-11-24)30(36)22-35(27-15-9-12-25(32)20-27)40(38,39)28-18-16-23(2)17-19-28/h4-6,9-12,15-20,26,29H,3,7-8,13-14,21-22H2,1-2H3,(H,33,37). The zero-order valence-electron chi connectivity index (χ0n) is 22.9. The van der Waals surface area contributed by atoms with Crippen LogP contribution in [0.15, 0.2) is 83.8 Å². The summed E-state index contributed by atoms with van der Waals surface area (Å²) in [6.07, 6.45) is 4.37. The van der Waals surface area contributed by atoms with Gasteiger partial charge < -0.3 is 10.2 Å². The van der Waals surface area contributed by atoms with Crippen LogP contribution in [-0.2, 0) is 26.2 Å². The molecule has 1 saturated carbocycles. The first-order chi connectivity index (χ1) is 19.2. The molecular formula is C31H36ClN3O4S. The van der Waals surface area contributed by atoms with Crippen LogP contribution in [0, 0.1) is 6.92 Å². The van der Waals surface area contributed by atoms with Crippen molar-refractivity contribution in [3.8, 4) is 0 Å². The van der Waals surface area contributed by atoms with E-state index in [-0.39, 0.29) is 29.1 Å². The number of benzene rings is 3. The summed E-state index contributed by atoms with van der Waals surface area (Å²) in [4.78, 5) is 29.1. The van der Waals surface area contributed by atoms with Gasteiger partial charge in [-0.15, -0.1) is 0 Å². The van der Waals surface area contributed by atoms with E-state index in [1.165, 1.54) is 23.1 Å². The first-order valence-corrected chi connectivity index (χ1v) is 15.5. The summed E-state index contributed by atoms with van der Waals surface area (Å²) in [7, 11) is -4.13. The zero-order valence-corrected chi connectivity index (χ0v) is 24.5. The fourth-order valence-electron chi connectivity index (χ4n) is 5.06. The molecule has 0 saturated heterocycles. The van der Waals surface area contributed by atoms with Crippen LogP contribution in [0.1, 0.15) is 50.2 Å². The predicted molar refractivity (Wildman–Crippen MR) is 159 cm³/mol. The molecule has 1 aliphatic rings. The Morgan fingerprint density at radius 1 is 0.975 bits per heavy atom. The van der Waals surface area contributed by atoms with Gasteiger partial charge >= 0.3 is 0 Å². The second-order valence-corrected chi connectivity index (χ2v) is 12.5. The van der Waals surface area contributed by atoms with Gasteiger partial charge in [0.15, 0.2) is 0 Å². The summed E-state index contributed by atoms with van der Waals surface area (Å²) in [5.41, 5.74) is 2.03. The van der Waals surface area contributed by atoms with Gasteiger partial charge in [-0.05, 0) is 62.1 Å². The molecule has 9 heteroatoms. The first kappa shape index (κ1) is 29.6. The van der Waals surface area contributed by atoms with Gasteiger partial charge in [0.25, 0.3) is 10.0 Å². The normalized spacial score (nSPS) is 14.5. The van der Waals surface area contributed by atoms with E-state index >= 15 is 0 Å². The van der Waals surface area contributed by atoms with Gasteiger partial charge in [-0.2, -0.15) is 0 Å². The topological polar surface area (TPSA) is 86.8 Å². The average molecular weight is 582 g/mol. The maximum absolute atomic E-state index is 14.1. The van der Waals surface area contributed by atoms with Crippen LogP contribution in [0.4, 0.5) is 5.69 Å². The molecular weight excluding hydrogens is 546 g/mol. The summed E-state index contributed by atoms with van der Waals surface area (Å²) in [6.45, 7) is 3.42. The summed E-state index contributed by atoms with van der Waals surface area (Å²) in [5, 5.41) is 3.47. The van der Waals surface area contributed by atoms with E-state index < -0.39 is 28.5 Å². The molecule has 212 valence electrons. The molecule has 0 radical (unpaired) electrons. The third-order valence-corrected chi connectivity index (χ3v) is 9.29. The molecule has 7 nitrogen and oxygen atoms in total. The second kappa shape index (κ2) is 13.3. The fourth-order valence-corrected chi connectivity index (χ4v) is 6.66. The van der Waals surface area contributed by atoms with Crippen molar-refractivity contribution in [3.63, 3.8) is 0 Å². The zero-order chi connectivity index (χ0) is 28.7. The molecule has 4 rings (SSSR count). The molecule has 1 atom stereocenters. The molecule has 0 heterocycles. The highest BCUT2D eigenvalue weighted by atomic mass is 35.5. The summed E-state index contributed by atoms with van der Waals surface area (Å²) < 4.78 is 28.9. The molecule has 1 fully saturated rings. The van der Waals surface area contributed by atoms with Crippen molar-refractivity contribution >= 4 is 39.1 Å². The van der Waals surface area contributed by atoms with Crippen LogP contribution < -0.4 is 9.62 Å². The van der Waals surface area contributed by atoms with Crippen LogP contribution in [0.3, 0.4) is 0 Å². The van der Waals surface area contributed by atoms with E-state index in [2.05, 4.69) is 5.32 Å². The molecule has 1 aliphatic carbocycles. The van der Waals surface area contributed by atoms with E-state index in [1.807, 2.05) is 44.2 Å². The lowest BCUT2D eigenvalue weighted by Crippen LogP contribution is -2.53. The molecule has 1 N–H and O–H groups in total. The number of carbonyl (C=O) groups excluding carboxylic acids is 2. The third kappa shape index (κ3) is 7.23. The number of aryl methyl sites for hydroxylation is 1. The highest BCUT2D eigenvalue weighted by Crippen LogP contribution is 2.27. The van der Waals surface area contributed by atoms with E-state index in [0.29, 0.717) is 11.4 Å². The SMILES string of the molecule is CCC(C(=O)NC1CCCC1)N(Cc1ccccc1)C(=O)CN(c1cccc(Cl)c1)S(=O)(=O)c1ccc(C)cc1. The number of nitrogens with one attached hydrogen (secondary N) is 1. The number of hydrogen-bond acceptors (Lipinski definition) is 4. The minimum atomic E-state index is -4.13. The first-order valence-electron chi connectivity index (χ1n) is 13.7. The average Bonchev–Trinajstić information content (AvgIpc) is 3.45. The molecule has 1 unspecified atom stereocenters. The number of halogens is 1. The lowest BCUT2D eigenvalue weighted by atomic mass is 10.1. The number of nitrogens with zero attached hydrogens (tertiary/aromatic N) is 2. The molecule has 2 amide bonds. The Balaban J connectivity index is 1.70. The summed E-state index contributed by atoms with van der Waals surface area (Å²) in [5.74, 6) is -0.692. The Labute approximate surface area is 242 Å². The van der Waals surface area contributed by atoms with Crippen LogP contribution >= 0.6 is 11.6 Å². The van der Waals surface area contributed by atoms with Gasteiger partial charge in [0.05, 0.1) is 10.6 Å². The van der Waals surface area contributed by atoms with Crippen molar-refractivity contribution in [2.45, 2.75) is 69.5 Å². The van der Waals surface area contributed by atoms with Crippen molar-refractivity contribution in [2.75, 3.05) is 10.8 Å². The Bertz CT molecular complexity index is 1410. The lowest BCUT2D eigenvalue weighted by Gasteiger charge is -2.33. The van der Waals surface area contributed by atoms with Crippen molar-refractivity contribution < 1.29 is 18.0 Å². The Kier molecular flexibility index (Phi) is 9.87. The Hall–Kier alpha value is -3.36. The molecule has 0 aliphatic heterocycles. The van der Waals surface area contributed by atoms with Crippen LogP contribution in [0.5, 0.6) is 0 Å². The number of carbonyl (C=O) groups is 2. The summed E-state index contributed by atoms with van der Waals surface area (Å²) in [6, 6.07) is 21.6. The Morgan fingerprint density at radius 2 is 1.65 bits per heavy atom. The molecule has 0 aromatic heterocycles. The molecule has 40 heavy (non-hydrogen) atoms. The maximum Gasteiger partial charge on any atom is 0.264 e. The quantitative estimate of drug-likeness (QED) is 0.314. The highest BCUT2D eigenvalue weighted by Gasteiger charge is 2.34. The monoisotopic (exact) mass is 581 g/mol. The van der Waals surface area contributed by atoms with Crippen molar-refractivity contribution in [1.82, 2.24) is 10.2 Å². The van der Waals surface area contributed by atoms with E-state index in [1.54, 1.807) is 30.3 Å². The van der Waals surface area contributed by atoms with Gasteiger partial charge in [0.1, 0.15) is 12.6 Å². The van der Waals surface area contributed by atoms with Crippen molar-refractivity contribution in [3.05, 3.63) is 95.0 Å².